The SMILES string of the molecule is COc1cccc(N2C[C@@H](C(=O)Nc3ccc(C(C)=O)cc3)CC2=O)c1. The van der Waals surface area contributed by atoms with Crippen molar-refractivity contribution in [1.29, 1.82) is 0 Å². The fraction of sp³-hybridized carbons (Fsp3) is 0.250. The third kappa shape index (κ3) is 3.74. The van der Waals surface area contributed by atoms with Gasteiger partial charge in [0.1, 0.15) is 5.75 Å². The van der Waals surface area contributed by atoms with Crippen LogP contribution in [0.25, 0.3) is 0 Å². The Kier molecular flexibility index (Phi) is 5.02. The number of rotatable bonds is 5. The summed E-state index contributed by atoms with van der Waals surface area (Å²) >= 11 is 0. The van der Waals surface area contributed by atoms with Crippen molar-refractivity contribution in [3.05, 3.63) is 54.1 Å². The molecule has 2 aromatic rings. The predicted octanol–water partition coefficient (Wildman–Crippen LogP) is 2.89. The van der Waals surface area contributed by atoms with Gasteiger partial charge in [-0.15, -0.1) is 0 Å². The molecule has 0 aromatic heterocycles. The van der Waals surface area contributed by atoms with Gasteiger partial charge in [-0.1, -0.05) is 6.07 Å². The number of nitrogens with one attached hydrogen (secondary N) is 1. The van der Waals surface area contributed by atoms with Gasteiger partial charge in [0.15, 0.2) is 5.78 Å². The molecule has 1 atom stereocenters. The number of methoxy groups -OCH3 is 1. The lowest BCUT2D eigenvalue weighted by atomic mass is 10.1. The Labute approximate surface area is 151 Å². The molecule has 1 saturated heterocycles. The Morgan fingerprint density at radius 1 is 1.15 bits per heavy atom. The second-order valence-corrected chi connectivity index (χ2v) is 6.23. The van der Waals surface area contributed by atoms with E-state index >= 15 is 0 Å². The molecule has 2 aromatic carbocycles. The molecule has 26 heavy (non-hydrogen) atoms. The Morgan fingerprint density at radius 2 is 1.88 bits per heavy atom. The molecule has 134 valence electrons. The molecule has 0 unspecified atom stereocenters. The van der Waals surface area contributed by atoms with Gasteiger partial charge in [-0.2, -0.15) is 0 Å². The molecule has 0 radical (unpaired) electrons. The van der Waals surface area contributed by atoms with Crippen molar-refractivity contribution in [3.8, 4) is 5.75 Å². The van der Waals surface area contributed by atoms with E-state index in [1.807, 2.05) is 12.1 Å². The number of amides is 2. The number of Topliss-reactive ketones (excluding diaryl/α,β-unsaturated/α-hetero) is 1. The fourth-order valence-corrected chi connectivity index (χ4v) is 2.94. The molecule has 1 aliphatic rings. The number of anilines is 2. The van der Waals surface area contributed by atoms with E-state index in [4.69, 9.17) is 4.74 Å². The quantitative estimate of drug-likeness (QED) is 0.840. The number of carbonyl (C=O) groups is 3. The van der Waals surface area contributed by atoms with Crippen molar-refractivity contribution in [3.63, 3.8) is 0 Å². The Hall–Kier alpha value is -3.15. The zero-order valence-corrected chi connectivity index (χ0v) is 14.7. The standard InChI is InChI=1S/C20H20N2O4/c1-13(23)14-6-8-16(9-7-14)21-20(25)15-10-19(24)22(12-15)17-4-3-5-18(11-17)26-2/h3-9,11,15H,10,12H2,1-2H3,(H,21,25)/t15-/m0/s1. The topological polar surface area (TPSA) is 75.7 Å². The first kappa shape index (κ1) is 17.7. The summed E-state index contributed by atoms with van der Waals surface area (Å²) in [6.07, 6.45) is 0.161. The van der Waals surface area contributed by atoms with Crippen LogP contribution in [0.5, 0.6) is 5.75 Å². The van der Waals surface area contributed by atoms with E-state index in [0.717, 1.165) is 5.69 Å². The van der Waals surface area contributed by atoms with E-state index in [2.05, 4.69) is 5.32 Å². The molecule has 0 saturated carbocycles. The molecule has 1 fully saturated rings. The Bertz CT molecular complexity index is 845. The van der Waals surface area contributed by atoms with Crippen molar-refractivity contribution < 1.29 is 19.1 Å². The zero-order valence-electron chi connectivity index (χ0n) is 14.7. The lowest BCUT2D eigenvalue weighted by Gasteiger charge is -2.17. The van der Waals surface area contributed by atoms with Crippen LogP contribution in [0.1, 0.15) is 23.7 Å². The van der Waals surface area contributed by atoms with E-state index in [0.29, 0.717) is 23.5 Å². The molecule has 3 rings (SSSR count). The van der Waals surface area contributed by atoms with Crippen LogP contribution in [0.4, 0.5) is 11.4 Å². The normalized spacial score (nSPS) is 16.5. The summed E-state index contributed by atoms with van der Waals surface area (Å²) in [5, 5.41) is 2.81. The maximum absolute atomic E-state index is 12.5. The van der Waals surface area contributed by atoms with Gasteiger partial charge in [-0.3, -0.25) is 14.4 Å². The van der Waals surface area contributed by atoms with Gasteiger partial charge < -0.3 is 15.0 Å². The maximum Gasteiger partial charge on any atom is 0.229 e. The third-order valence-electron chi connectivity index (χ3n) is 4.42. The van der Waals surface area contributed by atoms with Crippen LogP contribution in [-0.2, 0) is 9.59 Å². The summed E-state index contributed by atoms with van der Waals surface area (Å²) in [6, 6.07) is 13.9. The van der Waals surface area contributed by atoms with Crippen LogP contribution in [-0.4, -0.2) is 31.3 Å². The summed E-state index contributed by atoms with van der Waals surface area (Å²) in [6.45, 7) is 1.81. The molecule has 2 amide bonds. The van der Waals surface area contributed by atoms with Crippen LogP contribution in [0, 0.1) is 5.92 Å². The number of ether oxygens (including phenoxy) is 1. The van der Waals surface area contributed by atoms with E-state index in [1.165, 1.54) is 6.92 Å². The van der Waals surface area contributed by atoms with E-state index in [-0.39, 0.29) is 24.0 Å². The van der Waals surface area contributed by atoms with Crippen LogP contribution in [0.15, 0.2) is 48.5 Å². The van der Waals surface area contributed by atoms with E-state index in [9.17, 15) is 14.4 Å². The van der Waals surface area contributed by atoms with Gasteiger partial charge in [0.2, 0.25) is 11.8 Å². The molecule has 0 spiro atoms. The first-order valence-electron chi connectivity index (χ1n) is 8.34. The highest BCUT2D eigenvalue weighted by atomic mass is 16.5. The molecular formula is C20H20N2O4. The number of nitrogens with zero attached hydrogens (tertiary/aromatic N) is 1. The van der Waals surface area contributed by atoms with Crippen molar-refractivity contribution in [2.75, 3.05) is 23.9 Å². The zero-order chi connectivity index (χ0) is 18.7. The van der Waals surface area contributed by atoms with E-state index in [1.54, 1.807) is 48.4 Å². The number of benzene rings is 2. The number of ketones is 1. The van der Waals surface area contributed by atoms with Gasteiger partial charge in [-0.25, -0.2) is 0 Å². The van der Waals surface area contributed by atoms with Crippen LogP contribution >= 0.6 is 0 Å². The summed E-state index contributed by atoms with van der Waals surface area (Å²) in [5.74, 6) is -0.0993. The van der Waals surface area contributed by atoms with Gasteiger partial charge >= 0.3 is 0 Å². The highest BCUT2D eigenvalue weighted by molar-refractivity contribution is 6.03. The Morgan fingerprint density at radius 3 is 2.54 bits per heavy atom. The van der Waals surface area contributed by atoms with Crippen molar-refractivity contribution in [1.82, 2.24) is 0 Å². The Balaban J connectivity index is 1.67. The number of carbonyl (C=O) groups excluding carboxylic acids is 3. The summed E-state index contributed by atoms with van der Waals surface area (Å²) in [7, 11) is 1.57. The first-order chi connectivity index (χ1) is 12.5. The average Bonchev–Trinajstić information content (AvgIpc) is 3.04. The lowest BCUT2D eigenvalue weighted by Crippen LogP contribution is -2.28. The minimum atomic E-state index is -0.429. The van der Waals surface area contributed by atoms with E-state index < -0.39 is 5.92 Å². The van der Waals surface area contributed by atoms with Gasteiger partial charge in [0.05, 0.1) is 13.0 Å². The molecule has 6 nitrogen and oxygen atoms in total. The summed E-state index contributed by atoms with van der Waals surface area (Å²) in [5.41, 5.74) is 1.91. The average molecular weight is 352 g/mol. The minimum absolute atomic E-state index is 0.0294. The first-order valence-corrected chi connectivity index (χ1v) is 8.34. The van der Waals surface area contributed by atoms with Crippen molar-refractivity contribution in [2.24, 2.45) is 5.92 Å². The monoisotopic (exact) mass is 352 g/mol. The smallest absolute Gasteiger partial charge is 0.229 e. The predicted molar refractivity (Wildman–Crippen MR) is 98.5 cm³/mol. The molecule has 6 heteroatoms. The highest BCUT2D eigenvalue weighted by Crippen LogP contribution is 2.28. The summed E-state index contributed by atoms with van der Waals surface area (Å²) < 4.78 is 5.19. The molecule has 0 aliphatic carbocycles. The molecule has 1 N–H and O–H groups in total. The second kappa shape index (κ2) is 7.39. The third-order valence-corrected chi connectivity index (χ3v) is 4.42. The molecule has 1 heterocycles. The molecular weight excluding hydrogens is 332 g/mol. The maximum atomic E-state index is 12.5. The van der Waals surface area contributed by atoms with Crippen molar-refractivity contribution in [2.45, 2.75) is 13.3 Å². The van der Waals surface area contributed by atoms with Gasteiger partial charge in [-0.05, 0) is 43.3 Å². The van der Waals surface area contributed by atoms with Gasteiger partial charge in [0.25, 0.3) is 0 Å². The fourth-order valence-electron chi connectivity index (χ4n) is 2.94. The van der Waals surface area contributed by atoms with Crippen molar-refractivity contribution >= 4 is 29.0 Å². The van der Waals surface area contributed by atoms with Gasteiger partial charge in [0, 0.05) is 36.0 Å². The molecule has 1 aliphatic heterocycles. The van der Waals surface area contributed by atoms with Crippen LogP contribution < -0.4 is 15.0 Å². The second-order valence-electron chi connectivity index (χ2n) is 6.23. The minimum Gasteiger partial charge on any atom is -0.497 e. The van der Waals surface area contributed by atoms with Crippen LogP contribution in [0.2, 0.25) is 0 Å². The highest BCUT2D eigenvalue weighted by Gasteiger charge is 2.35. The number of hydrogen-bond donors (Lipinski definition) is 1. The number of hydrogen-bond acceptors (Lipinski definition) is 4. The van der Waals surface area contributed by atoms with Crippen LogP contribution in [0.3, 0.4) is 0 Å². The lowest BCUT2D eigenvalue weighted by molar-refractivity contribution is -0.122. The molecule has 0 bridgehead atoms. The largest absolute Gasteiger partial charge is 0.497 e. The summed E-state index contributed by atoms with van der Waals surface area (Å²) in [4.78, 5) is 37.7.